The number of carbonyl (C=O) groups is 3. The molecule has 0 spiro atoms. The zero-order valence-corrected chi connectivity index (χ0v) is 23.9. The summed E-state index contributed by atoms with van der Waals surface area (Å²) in [6, 6.07) is 0. The van der Waals surface area contributed by atoms with E-state index in [-0.39, 0.29) is 53.0 Å². The summed E-state index contributed by atoms with van der Waals surface area (Å²) in [6.07, 6.45) is -8.80. The van der Waals surface area contributed by atoms with Crippen LogP contribution >= 0.6 is 0 Å². The number of alkyl halides is 5. The number of aliphatic hydroxyl groups is 1. The molecule has 0 radical (unpaired) electrons. The number of fused-ring (bicyclic) bond motifs is 5. The molecule has 0 aromatic heterocycles. The Morgan fingerprint density at radius 2 is 1.76 bits per heavy atom. The van der Waals surface area contributed by atoms with Crippen molar-refractivity contribution in [2.45, 2.75) is 102 Å². The summed E-state index contributed by atoms with van der Waals surface area (Å²) in [7, 11) is -6.78. The van der Waals surface area contributed by atoms with Crippen LogP contribution in [0.3, 0.4) is 0 Å². The number of hydrogen-bond acceptors (Lipinski definition) is 8. The van der Waals surface area contributed by atoms with Crippen LogP contribution in [0.4, 0.5) is 22.0 Å². The molecule has 10 unspecified atom stereocenters. The first-order chi connectivity index (χ1) is 18.7. The van der Waals surface area contributed by atoms with E-state index in [9.17, 15) is 54.4 Å². The second-order valence-corrected chi connectivity index (χ2v) is 14.6. The Balaban J connectivity index is 1.47. The molecule has 0 aromatic rings. The highest BCUT2D eigenvalue weighted by molar-refractivity contribution is 7.86. The number of hydrogen-bond donors (Lipinski definition) is 1. The summed E-state index contributed by atoms with van der Waals surface area (Å²) in [5.41, 5.74) is -0.997. The van der Waals surface area contributed by atoms with Gasteiger partial charge in [-0.15, -0.1) is 0 Å². The van der Waals surface area contributed by atoms with Crippen LogP contribution in [0.15, 0.2) is 0 Å². The second-order valence-electron chi connectivity index (χ2n) is 13.1. The quantitative estimate of drug-likeness (QED) is 0.253. The van der Waals surface area contributed by atoms with Crippen molar-refractivity contribution in [2.75, 3.05) is 0 Å². The third kappa shape index (κ3) is 5.34. The van der Waals surface area contributed by atoms with Crippen molar-refractivity contribution in [3.63, 3.8) is 0 Å². The number of halogens is 5. The fraction of sp³-hybridized carbons (Fsp3) is 0.889. The standard InChI is InChI=1S/C27H37F5O8S/c1-13(4-7-21(36)40-23(26(28,29)30)27(31,32)41(37,38)39)16-5-6-17-22-18(12-20(35)25(16,17)3)24(2)9-8-15(33)10-14(24)11-19(22)34/h13-14,16-18,20,22-23,35H,4-12H2,1-3H3,(H,37,38,39)/p-1. The largest absolute Gasteiger partial charge is 0.743 e. The van der Waals surface area contributed by atoms with E-state index >= 15 is 0 Å². The van der Waals surface area contributed by atoms with Gasteiger partial charge in [0.05, 0.1) is 6.10 Å². The lowest BCUT2D eigenvalue weighted by atomic mass is 9.43. The Morgan fingerprint density at radius 1 is 1.12 bits per heavy atom. The lowest BCUT2D eigenvalue weighted by Gasteiger charge is -2.61. The minimum Gasteiger partial charge on any atom is -0.743 e. The minimum atomic E-state index is -6.78. The summed E-state index contributed by atoms with van der Waals surface area (Å²) < 4.78 is 103. The van der Waals surface area contributed by atoms with Crippen molar-refractivity contribution in [3.05, 3.63) is 0 Å². The molecule has 0 amide bonds. The van der Waals surface area contributed by atoms with Gasteiger partial charge in [0.25, 0.3) is 6.10 Å². The van der Waals surface area contributed by atoms with Gasteiger partial charge in [0.2, 0.25) is 0 Å². The summed E-state index contributed by atoms with van der Waals surface area (Å²) in [5.74, 6) is -2.76. The molecule has 4 aliphatic rings. The summed E-state index contributed by atoms with van der Waals surface area (Å²) in [5, 5.41) is 5.62. The van der Waals surface area contributed by atoms with Gasteiger partial charge in [0, 0.05) is 37.0 Å². The zero-order valence-electron chi connectivity index (χ0n) is 23.1. The van der Waals surface area contributed by atoms with E-state index in [1.54, 1.807) is 6.92 Å². The van der Waals surface area contributed by atoms with E-state index in [0.717, 1.165) is 0 Å². The normalized spacial score (nSPS) is 39.4. The fourth-order valence-corrected chi connectivity index (χ4v) is 9.30. The number of ketones is 2. The minimum absolute atomic E-state index is 0.0549. The lowest BCUT2D eigenvalue weighted by molar-refractivity contribution is -0.259. The maximum Gasteiger partial charge on any atom is 0.432 e. The summed E-state index contributed by atoms with van der Waals surface area (Å²) in [4.78, 5) is 37.8. The lowest BCUT2D eigenvalue weighted by Crippen LogP contribution is -2.61. The van der Waals surface area contributed by atoms with Crippen molar-refractivity contribution in [3.8, 4) is 0 Å². The maximum absolute atomic E-state index is 13.7. The van der Waals surface area contributed by atoms with E-state index in [2.05, 4.69) is 11.7 Å². The number of aliphatic hydroxyl groups excluding tert-OH is 1. The smallest absolute Gasteiger partial charge is 0.432 e. The van der Waals surface area contributed by atoms with E-state index in [4.69, 9.17) is 0 Å². The highest BCUT2D eigenvalue weighted by Crippen LogP contribution is 2.67. The number of carbonyl (C=O) groups excluding carboxylic acids is 3. The van der Waals surface area contributed by atoms with Crippen LogP contribution in [0.25, 0.3) is 0 Å². The van der Waals surface area contributed by atoms with Crippen LogP contribution in [-0.4, -0.2) is 59.3 Å². The number of rotatable bonds is 7. The first-order valence-electron chi connectivity index (χ1n) is 14.0. The number of ether oxygens (including phenoxy) is 1. The van der Waals surface area contributed by atoms with Crippen LogP contribution in [0.5, 0.6) is 0 Å². The molecule has 41 heavy (non-hydrogen) atoms. The Labute approximate surface area is 235 Å². The molecular weight excluding hydrogens is 579 g/mol. The van der Waals surface area contributed by atoms with E-state index in [1.165, 1.54) is 0 Å². The Kier molecular flexibility index (Phi) is 8.26. The van der Waals surface area contributed by atoms with Crippen LogP contribution in [-0.2, 0) is 29.2 Å². The highest BCUT2D eigenvalue weighted by atomic mass is 32.2. The Morgan fingerprint density at radius 3 is 2.34 bits per heavy atom. The van der Waals surface area contributed by atoms with Gasteiger partial charge in [-0.05, 0) is 67.1 Å². The molecular formula is C27H36F5O8S-. The highest BCUT2D eigenvalue weighted by Gasteiger charge is 2.66. The van der Waals surface area contributed by atoms with Gasteiger partial charge in [-0.3, -0.25) is 14.4 Å². The second kappa shape index (κ2) is 10.5. The zero-order chi connectivity index (χ0) is 30.9. The molecule has 234 valence electrons. The van der Waals surface area contributed by atoms with E-state index < -0.39 is 57.5 Å². The third-order valence-corrected chi connectivity index (χ3v) is 12.0. The molecule has 4 saturated carbocycles. The molecule has 4 aliphatic carbocycles. The predicted molar refractivity (Wildman–Crippen MR) is 131 cm³/mol. The molecule has 0 saturated heterocycles. The van der Waals surface area contributed by atoms with Crippen LogP contribution < -0.4 is 0 Å². The molecule has 4 rings (SSSR count). The van der Waals surface area contributed by atoms with Crippen molar-refractivity contribution < 1.29 is 59.1 Å². The SMILES string of the molecule is CC(CCC(=O)OC(C(F)(F)F)C(F)(F)S(=O)(=O)[O-])C1CCC2C3C(=O)CC4CC(=O)CCC4(C)C3CC(O)C12C. The van der Waals surface area contributed by atoms with E-state index in [0.29, 0.717) is 44.9 Å². The monoisotopic (exact) mass is 615 g/mol. The van der Waals surface area contributed by atoms with Gasteiger partial charge in [-0.1, -0.05) is 20.8 Å². The van der Waals surface area contributed by atoms with Crippen molar-refractivity contribution in [1.29, 1.82) is 0 Å². The van der Waals surface area contributed by atoms with Crippen LogP contribution in [0.2, 0.25) is 0 Å². The van der Waals surface area contributed by atoms with Gasteiger partial charge in [0.1, 0.15) is 11.6 Å². The summed E-state index contributed by atoms with van der Waals surface area (Å²) >= 11 is 0. The van der Waals surface area contributed by atoms with Crippen LogP contribution in [0, 0.1) is 46.3 Å². The first kappa shape index (κ1) is 32.2. The van der Waals surface area contributed by atoms with Crippen LogP contribution in [0.1, 0.15) is 78.6 Å². The summed E-state index contributed by atoms with van der Waals surface area (Å²) in [6.45, 7) is 5.71. The Hall–Kier alpha value is -1.67. The van der Waals surface area contributed by atoms with Gasteiger partial charge >= 0.3 is 17.4 Å². The molecule has 0 heterocycles. The van der Waals surface area contributed by atoms with Gasteiger partial charge in [0.15, 0.2) is 10.1 Å². The van der Waals surface area contributed by atoms with Crippen molar-refractivity contribution in [1.82, 2.24) is 0 Å². The van der Waals surface area contributed by atoms with Gasteiger partial charge in [-0.25, -0.2) is 8.42 Å². The third-order valence-electron chi connectivity index (χ3n) is 11.1. The molecule has 10 atom stereocenters. The molecule has 8 nitrogen and oxygen atoms in total. The first-order valence-corrected chi connectivity index (χ1v) is 15.4. The van der Waals surface area contributed by atoms with E-state index in [1.807, 2.05) is 6.92 Å². The molecule has 0 bridgehead atoms. The van der Waals surface area contributed by atoms with Gasteiger partial charge < -0.3 is 14.4 Å². The van der Waals surface area contributed by atoms with Crippen molar-refractivity contribution in [2.24, 2.45) is 46.3 Å². The molecule has 1 N–H and O–H groups in total. The molecule has 4 fully saturated rings. The van der Waals surface area contributed by atoms with Gasteiger partial charge in [-0.2, -0.15) is 22.0 Å². The van der Waals surface area contributed by atoms with Crippen molar-refractivity contribution >= 4 is 27.7 Å². The molecule has 14 heteroatoms. The predicted octanol–water partition coefficient (Wildman–Crippen LogP) is 4.39. The number of Topliss-reactive ketones (excluding diaryl/α,β-unsaturated/α-hetero) is 2. The Bertz CT molecular complexity index is 1190. The maximum atomic E-state index is 13.7. The fourth-order valence-electron chi connectivity index (χ4n) is 8.85. The average Bonchev–Trinajstić information content (AvgIpc) is 3.19. The molecule has 0 aliphatic heterocycles. The number of esters is 1. The molecule has 0 aromatic carbocycles. The topological polar surface area (TPSA) is 138 Å². The average molecular weight is 616 g/mol.